The number of piperidine rings is 1. The number of hydrogen-bond donors (Lipinski definition) is 1. The minimum atomic E-state index is -0.419. The summed E-state index contributed by atoms with van der Waals surface area (Å²) in [7, 11) is 1.58. The molecular weight excluding hydrogens is 354 g/mol. The Balaban J connectivity index is 1.76. The number of rotatable bonds is 4. The van der Waals surface area contributed by atoms with Crippen LogP contribution in [0.25, 0.3) is 6.08 Å². The molecule has 3 rings (SSSR count). The van der Waals surface area contributed by atoms with E-state index in [2.05, 4.69) is 12.2 Å². The molecule has 28 heavy (non-hydrogen) atoms. The van der Waals surface area contributed by atoms with Gasteiger partial charge >= 0.3 is 0 Å². The van der Waals surface area contributed by atoms with E-state index in [0.717, 1.165) is 18.4 Å². The second-order valence-corrected chi connectivity index (χ2v) is 7.27. The van der Waals surface area contributed by atoms with Crippen molar-refractivity contribution in [2.45, 2.75) is 19.8 Å². The fraction of sp³-hybridized carbons (Fsp3) is 0.318. The van der Waals surface area contributed by atoms with E-state index in [9.17, 15) is 14.4 Å². The Morgan fingerprint density at radius 2 is 1.82 bits per heavy atom. The quantitative estimate of drug-likeness (QED) is 0.831. The number of likely N-dealkylation sites (tertiary alicyclic amines) is 1. The first-order valence-corrected chi connectivity index (χ1v) is 9.48. The maximum atomic E-state index is 12.8. The van der Waals surface area contributed by atoms with Crippen LogP contribution >= 0.6 is 0 Å². The van der Waals surface area contributed by atoms with E-state index in [1.54, 1.807) is 18.0 Å². The van der Waals surface area contributed by atoms with Crippen molar-refractivity contribution in [3.05, 3.63) is 70.2 Å². The predicted molar refractivity (Wildman–Crippen MR) is 110 cm³/mol. The second kappa shape index (κ2) is 8.69. The van der Waals surface area contributed by atoms with Gasteiger partial charge in [0.2, 0.25) is 5.91 Å². The highest BCUT2D eigenvalue weighted by Crippen LogP contribution is 2.18. The van der Waals surface area contributed by atoms with E-state index >= 15 is 0 Å². The van der Waals surface area contributed by atoms with Crippen LogP contribution in [0.5, 0.6) is 0 Å². The van der Waals surface area contributed by atoms with E-state index < -0.39 is 5.91 Å². The molecule has 2 amide bonds. The van der Waals surface area contributed by atoms with Crippen molar-refractivity contribution in [1.82, 2.24) is 9.47 Å². The van der Waals surface area contributed by atoms with Gasteiger partial charge in [0.05, 0.1) is 5.56 Å². The first-order valence-electron chi connectivity index (χ1n) is 9.48. The lowest BCUT2D eigenvalue weighted by Gasteiger charge is -2.30. The highest BCUT2D eigenvalue weighted by Gasteiger charge is 2.22. The number of benzene rings is 1. The van der Waals surface area contributed by atoms with Crippen LogP contribution in [0.3, 0.4) is 0 Å². The number of nitrogens with zero attached hydrogens (tertiary/aromatic N) is 2. The monoisotopic (exact) mass is 379 g/mol. The summed E-state index contributed by atoms with van der Waals surface area (Å²) in [4.78, 5) is 39.2. The smallest absolute Gasteiger partial charge is 0.274 e. The molecule has 0 unspecified atom stereocenters. The molecule has 0 atom stereocenters. The first kappa shape index (κ1) is 19.6. The van der Waals surface area contributed by atoms with Crippen molar-refractivity contribution in [2.24, 2.45) is 13.0 Å². The molecule has 0 aliphatic carbocycles. The van der Waals surface area contributed by atoms with Crippen LogP contribution in [0.1, 0.15) is 35.7 Å². The summed E-state index contributed by atoms with van der Waals surface area (Å²) in [5.41, 5.74) is 1.03. The molecule has 0 bridgehead atoms. The molecule has 6 heteroatoms. The molecule has 1 fully saturated rings. The van der Waals surface area contributed by atoms with E-state index in [1.165, 1.54) is 22.9 Å². The van der Waals surface area contributed by atoms with Crippen LogP contribution in [0.4, 0.5) is 5.69 Å². The van der Waals surface area contributed by atoms with Gasteiger partial charge in [-0.1, -0.05) is 37.3 Å². The Morgan fingerprint density at radius 3 is 2.50 bits per heavy atom. The topological polar surface area (TPSA) is 71.4 Å². The highest BCUT2D eigenvalue weighted by atomic mass is 16.2. The molecule has 2 heterocycles. The van der Waals surface area contributed by atoms with Gasteiger partial charge in [-0.3, -0.25) is 14.4 Å². The summed E-state index contributed by atoms with van der Waals surface area (Å²) in [5.74, 6) is 0.0885. The SMILES string of the molecule is CC1CCN(C(=O)c2cc(NC(=O)/C=C\c3ccccc3)c(=O)n(C)c2)CC1. The fourth-order valence-corrected chi connectivity index (χ4v) is 3.22. The Kier molecular flexibility index (Phi) is 6.09. The third kappa shape index (κ3) is 4.76. The van der Waals surface area contributed by atoms with Crippen molar-refractivity contribution in [1.29, 1.82) is 0 Å². The lowest BCUT2D eigenvalue weighted by Crippen LogP contribution is -2.38. The van der Waals surface area contributed by atoms with Gasteiger partial charge in [0.1, 0.15) is 5.69 Å². The van der Waals surface area contributed by atoms with Gasteiger partial charge in [0, 0.05) is 32.4 Å². The summed E-state index contributed by atoms with van der Waals surface area (Å²) in [5, 5.41) is 2.60. The Morgan fingerprint density at radius 1 is 1.14 bits per heavy atom. The molecular formula is C22H25N3O3. The normalized spacial score (nSPS) is 15.0. The van der Waals surface area contributed by atoms with Gasteiger partial charge < -0.3 is 14.8 Å². The minimum Gasteiger partial charge on any atom is -0.339 e. The van der Waals surface area contributed by atoms with Crippen LogP contribution in [0.2, 0.25) is 0 Å². The number of aryl methyl sites for hydroxylation is 1. The van der Waals surface area contributed by atoms with Gasteiger partial charge in [-0.05, 0) is 36.5 Å². The van der Waals surface area contributed by atoms with Crippen LogP contribution in [0.15, 0.2) is 53.5 Å². The molecule has 1 saturated heterocycles. The summed E-state index contributed by atoms with van der Waals surface area (Å²) in [6.07, 6.45) is 6.52. The van der Waals surface area contributed by atoms with Gasteiger partial charge in [0.15, 0.2) is 0 Å². The van der Waals surface area contributed by atoms with Gasteiger partial charge in [-0.25, -0.2) is 0 Å². The zero-order valence-corrected chi connectivity index (χ0v) is 16.2. The zero-order valence-electron chi connectivity index (χ0n) is 16.2. The van der Waals surface area contributed by atoms with Crippen molar-refractivity contribution in [3.63, 3.8) is 0 Å². The largest absolute Gasteiger partial charge is 0.339 e. The molecule has 2 aromatic rings. The molecule has 0 spiro atoms. The molecule has 1 aliphatic rings. The maximum absolute atomic E-state index is 12.8. The molecule has 1 aliphatic heterocycles. The molecule has 1 aromatic heterocycles. The van der Waals surface area contributed by atoms with Crippen molar-refractivity contribution < 1.29 is 9.59 Å². The number of amides is 2. The highest BCUT2D eigenvalue weighted by molar-refractivity contribution is 6.03. The van der Waals surface area contributed by atoms with Gasteiger partial charge in [-0.15, -0.1) is 0 Å². The van der Waals surface area contributed by atoms with E-state index in [0.29, 0.717) is 24.6 Å². The van der Waals surface area contributed by atoms with Crippen molar-refractivity contribution in [3.8, 4) is 0 Å². The minimum absolute atomic E-state index is 0.0986. The molecule has 0 radical (unpaired) electrons. The second-order valence-electron chi connectivity index (χ2n) is 7.27. The molecule has 6 nitrogen and oxygen atoms in total. The standard InChI is InChI=1S/C22H25N3O3/c1-16-10-12-25(13-11-16)21(27)18-14-19(22(28)24(2)15-18)23-20(26)9-8-17-6-4-3-5-7-17/h3-9,14-16H,10-13H2,1-2H3,(H,23,26)/b9-8-. The number of carbonyl (C=O) groups excluding carboxylic acids is 2. The summed E-state index contributed by atoms with van der Waals surface area (Å²) >= 11 is 0. The Hall–Kier alpha value is -3.15. The van der Waals surface area contributed by atoms with Gasteiger partial charge in [-0.2, -0.15) is 0 Å². The number of carbonyl (C=O) groups is 2. The third-order valence-corrected chi connectivity index (χ3v) is 4.99. The van der Waals surface area contributed by atoms with Crippen molar-refractivity contribution in [2.75, 3.05) is 18.4 Å². The maximum Gasteiger partial charge on any atom is 0.274 e. The zero-order chi connectivity index (χ0) is 20.1. The average Bonchev–Trinajstić information content (AvgIpc) is 2.70. The lowest BCUT2D eigenvalue weighted by molar-refractivity contribution is -0.111. The average molecular weight is 379 g/mol. The van der Waals surface area contributed by atoms with Crippen LogP contribution in [-0.2, 0) is 11.8 Å². The van der Waals surface area contributed by atoms with E-state index in [1.807, 2.05) is 30.3 Å². The van der Waals surface area contributed by atoms with Crippen molar-refractivity contribution >= 4 is 23.6 Å². The molecule has 146 valence electrons. The summed E-state index contributed by atoms with van der Waals surface area (Å²) in [6, 6.07) is 10.9. The molecule has 1 N–H and O–H groups in total. The number of hydrogen-bond acceptors (Lipinski definition) is 3. The molecule has 1 aromatic carbocycles. The van der Waals surface area contributed by atoms with Gasteiger partial charge in [0.25, 0.3) is 11.5 Å². The Bertz CT molecular complexity index is 939. The third-order valence-electron chi connectivity index (χ3n) is 4.99. The van der Waals surface area contributed by atoms with E-state index in [-0.39, 0.29) is 17.2 Å². The number of pyridine rings is 1. The Labute approximate surface area is 164 Å². The number of aromatic nitrogens is 1. The molecule has 0 saturated carbocycles. The van der Waals surface area contributed by atoms with Crippen LogP contribution in [0, 0.1) is 5.92 Å². The number of nitrogens with one attached hydrogen (secondary N) is 1. The summed E-state index contributed by atoms with van der Waals surface area (Å²) in [6.45, 7) is 3.61. The number of anilines is 1. The predicted octanol–water partition coefficient (Wildman–Crippen LogP) is 2.91. The van der Waals surface area contributed by atoms with Crippen LogP contribution in [-0.4, -0.2) is 34.4 Å². The lowest BCUT2D eigenvalue weighted by atomic mass is 9.99. The van der Waals surface area contributed by atoms with Crippen LogP contribution < -0.4 is 10.9 Å². The first-order chi connectivity index (χ1) is 13.4. The fourth-order valence-electron chi connectivity index (χ4n) is 3.22. The van der Waals surface area contributed by atoms with E-state index in [4.69, 9.17) is 0 Å². The summed E-state index contributed by atoms with van der Waals surface area (Å²) < 4.78 is 1.33.